The first-order chi connectivity index (χ1) is 9.45. The second kappa shape index (κ2) is 5.52. The first-order valence-electron chi connectivity index (χ1n) is 6.80. The molecule has 1 aliphatic rings. The number of ketones is 1. The Morgan fingerprint density at radius 2 is 1.90 bits per heavy atom. The molecule has 0 fully saturated rings. The van der Waals surface area contributed by atoms with Crippen molar-refractivity contribution in [3.05, 3.63) is 20.8 Å². The summed E-state index contributed by atoms with van der Waals surface area (Å²) in [5.41, 5.74) is -0.269. The minimum absolute atomic E-state index is 0.115. The van der Waals surface area contributed by atoms with Gasteiger partial charge in [0.15, 0.2) is 0 Å². The third-order valence-corrected chi connectivity index (χ3v) is 3.64. The van der Waals surface area contributed by atoms with Gasteiger partial charge in [-0.1, -0.05) is 6.92 Å². The molecule has 0 amide bonds. The Morgan fingerprint density at radius 3 is 2.55 bits per heavy atom. The zero-order valence-corrected chi connectivity index (χ0v) is 12.0. The number of carbonyl (C=O) groups excluding carboxylic acids is 1. The number of anilines is 2. The number of Topliss-reactive ketones (excluding diaryl/α,β-unsaturated/α-hetero) is 1. The predicted octanol–water partition coefficient (Wildman–Crippen LogP) is 0.397. The fraction of sp³-hybridized carbons (Fsp3) is 0.615. The number of nitrogens with one attached hydrogen (secondary N) is 2. The Balaban J connectivity index is 2.10. The standard InChI is InChI=1S/C13H20N4O3/c1-4-8(18)6-5-7-9-14-10-11(15-9)16(2)13(20)17(3)12(10)19/h9,14-15H,4-7H2,1-3H3. The summed E-state index contributed by atoms with van der Waals surface area (Å²) in [6.07, 6.45) is 2.46. The number of rotatable bonds is 5. The van der Waals surface area contributed by atoms with Gasteiger partial charge < -0.3 is 10.6 Å². The van der Waals surface area contributed by atoms with Crippen LogP contribution in [-0.4, -0.2) is 21.1 Å². The highest BCUT2D eigenvalue weighted by Crippen LogP contribution is 2.24. The van der Waals surface area contributed by atoms with Gasteiger partial charge in [-0.2, -0.15) is 0 Å². The number of hydrogen-bond acceptors (Lipinski definition) is 5. The van der Waals surface area contributed by atoms with Crippen molar-refractivity contribution in [2.45, 2.75) is 38.8 Å². The van der Waals surface area contributed by atoms with Crippen LogP contribution in [-0.2, 0) is 18.9 Å². The summed E-state index contributed by atoms with van der Waals surface area (Å²) in [5, 5.41) is 6.22. The Hall–Kier alpha value is -2.05. The van der Waals surface area contributed by atoms with Gasteiger partial charge in [0.1, 0.15) is 17.3 Å². The maximum absolute atomic E-state index is 12.0. The fourth-order valence-corrected chi connectivity index (χ4v) is 2.34. The van der Waals surface area contributed by atoms with Crippen LogP contribution in [0.3, 0.4) is 0 Å². The summed E-state index contributed by atoms with van der Waals surface area (Å²) >= 11 is 0. The molecule has 110 valence electrons. The molecule has 0 radical (unpaired) electrons. The van der Waals surface area contributed by atoms with Gasteiger partial charge in [-0.3, -0.25) is 18.7 Å². The third-order valence-electron chi connectivity index (χ3n) is 3.64. The molecule has 7 nitrogen and oxygen atoms in total. The molecule has 2 heterocycles. The lowest BCUT2D eigenvalue weighted by Gasteiger charge is -2.11. The van der Waals surface area contributed by atoms with Crippen LogP contribution in [0.2, 0.25) is 0 Å². The van der Waals surface area contributed by atoms with E-state index in [2.05, 4.69) is 10.6 Å². The maximum atomic E-state index is 12.0. The van der Waals surface area contributed by atoms with Gasteiger partial charge in [0, 0.05) is 26.9 Å². The minimum atomic E-state index is -0.357. The number of carbonyl (C=O) groups is 1. The van der Waals surface area contributed by atoms with E-state index in [0.717, 1.165) is 17.4 Å². The Labute approximate surface area is 116 Å². The zero-order valence-electron chi connectivity index (χ0n) is 12.0. The van der Waals surface area contributed by atoms with Crippen LogP contribution in [0.25, 0.3) is 0 Å². The maximum Gasteiger partial charge on any atom is 0.332 e. The molecular weight excluding hydrogens is 260 g/mol. The van der Waals surface area contributed by atoms with E-state index in [-0.39, 0.29) is 23.2 Å². The Morgan fingerprint density at radius 1 is 1.20 bits per heavy atom. The summed E-state index contributed by atoms with van der Waals surface area (Å²) < 4.78 is 2.50. The molecule has 1 atom stereocenters. The summed E-state index contributed by atoms with van der Waals surface area (Å²) in [4.78, 5) is 35.1. The van der Waals surface area contributed by atoms with Crippen molar-refractivity contribution >= 4 is 17.3 Å². The van der Waals surface area contributed by atoms with Crippen molar-refractivity contribution in [3.8, 4) is 0 Å². The smallest absolute Gasteiger partial charge is 0.332 e. The van der Waals surface area contributed by atoms with Crippen LogP contribution in [0.4, 0.5) is 11.5 Å². The summed E-state index contributed by atoms with van der Waals surface area (Å²) in [7, 11) is 3.08. The van der Waals surface area contributed by atoms with Crippen molar-refractivity contribution in [2.75, 3.05) is 10.6 Å². The van der Waals surface area contributed by atoms with Crippen LogP contribution in [0.1, 0.15) is 32.6 Å². The predicted molar refractivity (Wildman–Crippen MR) is 77.1 cm³/mol. The van der Waals surface area contributed by atoms with E-state index >= 15 is 0 Å². The second-order valence-corrected chi connectivity index (χ2v) is 5.06. The quantitative estimate of drug-likeness (QED) is 0.815. The third kappa shape index (κ3) is 2.48. The first-order valence-corrected chi connectivity index (χ1v) is 6.80. The highest BCUT2D eigenvalue weighted by atomic mass is 16.2. The van der Waals surface area contributed by atoms with Gasteiger partial charge in [-0.15, -0.1) is 0 Å². The van der Waals surface area contributed by atoms with E-state index in [0.29, 0.717) is 24.3 Å². The highest BCUT2D eigenvalue weighted by Gasteiger charge is 2.26. The molecule has 1 unspecified atom stereocenters. The number of fused-ring (bicyclic) bond motifs is 1. The molecule has 1 aromatic heterocycles. The molecular formula is C13H20N4O3. The molecule has 0 aliphatic carbocycles. The molecule has 0 spiro atoms. The average molecular weight is 280 g/mol. The monoisotopic (exact) mass is 280 g/mol. The van der Waals surface area contributed by atoms with E-state index in [1.807, 2.05) is 6.92 Å². The first kappa shape index (κ1) is 14.4. The van der Waals surface area contributed by atoms with E-state index in [4.69, 9.17) is 0 Å². The molecule has 2 rings (SSSR count). The summed E-state index contributed by atoms with van der Waals surface area (Å²) in [6.45, 7) is 1.85. The van der Waals surface area contributed by atoms with Gasteiger partial charge in [0.25, 0.3) is 5.56 Å². The molecule has 1 aromatic rings. The molecule has 20 heavy (non-hydrogen) atoms. The van der Waals surface area contributed by atoms with E-state index in [1.165, 1.54) is 11.6 Å². The van der Waals surface area contributed by atoms with E-state index < -0.39 is 0 Å². The number of hydrogen-bond donors (Lipinski definition) is 2. The van der Waals surface area contributed by atoms with Crippen molar-refractivity contribution in [3.63, 3.8) is 0 Å². The largest absolute Gasteiger partial charge is 0.358 e. The van der Waals surface area contributed by atoms with Gasteiger partial charge in [0.2, 0.25) is 0 Å². The van der Waals surface area contributed by atoms with Gasteiger partial charge >= 0.3 is 5.69 Å². The fourth-order valence-electron chi connectivity index (χ4n) is 2.34. The van der Waals surface area contributed by atoms with Crippen LogP contribution in [0, 0.1) is 0 Å². The molecule has 0 saturated heterocycles. The molecule has 2 N–H and O–H groups in total. The lowest BCUT2D eigenvalue weighted by molar-refractivity contribution is -0.118. The van der Waals surface area contributed by atoms with Crippen LogP contribution < -0.4 is 21.9 Å². The molecule has 7 heteroatoms. The second-order valence-electron chi connectivity index (χ2n) is 5.06. The summed E-state index contributed by atoms with van der Waals surface area (Å²) in [6, 6.07) is 0. The van der Waals surface area contributed by atoms with E-state index in [9.17, 15) is 14.4 Å². The summed E-state index contributed by atoms with van der Waals surface area (Å²) in [5.74, 6) is 0.758. The van der Waals surface area contributed by atoms with Gasteiger partial charge in [0.05, 0.1) is 6.17 Å². The van der Waals surface area contributed by atoms with Crippen LogP contribution in [0.5, 0.6) is 0 Å². The lowest BCUT2D eigenvalue weighted by Crippen LogP contribution is -2.37. The van der Waals surface area contributed by atoms with Crippen molar-refractivity contribution in [1.29, 1.82) is 0 Å². The van der Waals surface area contributed by atoms with Crippen molar-refractivity contribution in [1.82, 2.24) is 9.13 Å². The lowest BCUT2D eigenvalue weighted by atomic mass is 10.1. The molecule has 0 saturated carbocycles. The number of nitrogens with zero attached hydrogens (tertiary/aromatic N) is 2. The SMILES string of the molecule is CCC(=O)CCCC1Nc2c(n(C)c(=O)n(C)c2=O)N1. The normalized spacial score (nSPS) is 16.4. The Bertz CT molecular complexity index is 644. The average Bonchev–Trinajstić information content (AvgIpc) is 2.87. The van der Waals surface area contributed by atoms with Crippen LogP contribution >= 0.6 is 0 Å². The van der Waals surface area contributed by atoms with Crippen molar-refractivity contribution in [2.24, 2.45) is 14.1 Å². The van der Waals surface area contributed by atoms with Gasteiger partial charge in [-0.25, -0.2) is 4.79 Å². The topological polar surface area (TPSA) is 85.1 Å². The molecule has 1 aliphatic heterocycles. The van der Waals surface area contributed by atoms with Crippen LogP contribution in [0.15, 0.2) is 9.59 Å². The number of aromatic nitrogens is 2. The highest BCUT2D eigenvalue weighted by molar-refractivity contribution is 5.78. The molecule has 0 bridgehead atoms. The van der Waals surface area contributed by atoms with E-state index in [1.54, 1.807) is 7.05 Å². The van der Waals surface area contributed by atoms with Crippen molar-refractivity contribution < 1.29 is 4.79 Å². The Kier molecular flexibility index (Phi) is 3.96. The van der Waals surface area contributed by atoms with Gasteiger partial charge in [-0.05, 0) is 12.8 Å². The minimum Gasteiger partial charge on any atom is -0.358 e. The zero-order chi connectivity index (χ0) is 14.9. The molecule has 0 aromatic carbocycles.